The Labute approximate surface area is 90.8 Å². The van der Waals surface area contributed by atoms with Gasteiger partial charge in [-0.15, -0.1) is 0 Å². The third-order valence-electron chi connectivity index (χ3n) is 2.83. The Morgan fingerprint density at radius 1 is 0.929 bits per heavy atom. The summed E-state index contributed by atoms with van der Waals surface area (Å²) >= 11 is 0. The molecule has 0 nitrogen and oxygen atoms in total. The summed E-state index contributed by atoms with van der Waals surface area (Å²) in [4.78, 5) is 0. The van der Waals surface area contributed by atoms with E-state index in [0.717, 1.165) is 5.92 Å². The minimum absolute atomic E-state index is 0.773. The van der Waals surface area contributed by atoms with E-state index in [1.54, 1.807) is 0 Å². The topological polar surface area (TPSA) is 0 Å². The lowest BCUT2D eigenvalue weighted by Crippen LogP contribution is -1.84. The summed E-state index contributed by atoms with van der Waals surface area (Å²) in [5.74, 6) is 0.773. The van der Waals surface area contributed by atoms with Gasteiger partial charge in [-0.3, -0.25) is 0 Å². The minimum Gasteiger partial charge on any atom is -0.0883 e. The van der Waals surface area contributed by atoms with Gasteiger partial charge in [0.15, 0.2) is 0 Å². The molecule has 0 aliphatic heterocycles. The molecule has 0 bridgehead atoms. The van der Waals surface area contributed by atoms with Gasteiger partial charge < -0.3 is 0 Å². The van der Waals surface area contributed by atoms with Gasteiger partial charge in [-0.25, -0.2) is 0 Å². The highest BCUT2D eigenvalue weighted by Crippen LogP contribution is 2.08. The molecule has 0 N–H and O–H groups in total. The van der Waals surface area contributed by atoms with E-state index in [0.29, 0.717) is 0 Å². The molecule has 0 rings (SSSR count). The molecule has 0 heteroatoms. The van der Waals surface area contributed by atoms with E-state index >= 15 is 0 Å². The molecule has 14 heavy (non-hydrogen) atoms. The van der Waals surface area contributed by atoms with Crippen molar-refractivity contribution >= 4 is 0 Å². The second kappa shape index (κ2) is 10.8. The summed E-state index contributed by atoms with van der Waals surface area (Å²) in [6, 6.07) is 0. The number of hydrogen-bond donors (Lipinski definition) is 0. The first kappa shape index (κ1) is 13.7. The van der Waals surface area contributed by atoms with Crippen molar-refractivity contribution in [3.05, 3.63) is 12.2 Å². The van der Waals surface area contributed by atoms with Crippen LogP contribution in [0.4, 0.5) is 0 Å². The van der Waals surface area contributed by atoms with E-state index in [-0.39, 0.29) is 0 Å². The van der Waals surface area contributed by atoms with Crippen molar-refractivity contribution in [1.29, 1.82) is 0 Å². The van der Waals surface area contributed by atoms with Crippen LogP contribution < -0.4 is 0 Å². The molecule has 0 heterocycles. The highest BCUT2D eigenvalue weighted by molar-refractivity contribution is 4.85. The molecule has 84 valence electrons. The van der Waals surface area contributed by atoms with Crippen LogP contribution in [-0.4, -0.2) is 0 Å². The maximum atomic E-state index is 2.37. The first-order chi connectivity index (χ1) is 6.81. The first-order valence-electron chi connectivity index (χ1n) is 6.47. The lowest BCUT2D eigenvalue weighted by molar-refractivity contribution is 0.609. The number of allylic oxidation sites excluding steroid dienone is 2. The third-order valence-corrected chi connectivity index (χ3v) is 2.83. The second-order valence-corrected chi connectivity index (χ2v) is 4.37. The van der Waals surface area contributed by atoms with Crippen LogP contribution in [0, 0.1) is 5.92 Å². The molecular weight excluding hydrogens is 168 g/mol. The molecule has 0 saturated heterocycles. The van der Waals surface area contributed by atoms with E-state index in [1.807, 2.05) is 0 Å². The first-order valence-corrected chi connectivity index (χ1v) is 6.47. The number of hydrogen-bond acceptors (Lipinski definition) is 0. The summed E-state index contributed by atoms with van der Waals surface area (Å²) in [6.45, 7) is 6.81. The SMILES string of the molecule is CCCCCCCC/C=C/[C@H](C)CC. The quantitative estimate of drug-likeness (QED) is 0.345. The second-order valence-electron chi connectivity index (χ2n) is 4.37. The highest BCUT2D eigenvalue weighted by Gasteiger charge is 1.90. The lowest BCUT2D eigenvalue weighted by Gasteiger charge is -2.00. The molecule has 0 radical (unpaired) electrons. The Morgan fingerprint density at radius 2 is 1.57 bits per heavy atom. The normalized spacial score (nSPS) is 13.6. The van der Waals surface area contributed by atoms with Crippen LogP contribution in [0.3, 0.4) is 0 Å². The van der Waals surface area contributed by atoms with E-state index < -0.39 is 0 Å². The molecule has 0 aromatic rings. The summed E-state index contributed by atoms with van der Waals surface area (Å²) < 4.78 is 0. The smallest absolute Gasteiger partial charge is 0.0265 e. The van der Waals surface area contributed by atoms with Crippen LogP contribution in [0.15, 0.2) is 12.2 Å². The van der Waals surface area contributed by atoms with Crippen LogP contribution in [-0.2, 0) is 0 Å². The minimum atomic E-state index is 0.773. The van der Waals surface area contributed by atoms with Crippen LogP contribution in [0.5, 0.6) is 0 Å². The molecule has 0 aliphatic carbocycles. The van der Waals surface area contributed by atoms with Crippen LogP contribution in [0.1, 0.15) is 72.1 Å². The van der Waals surface area contributed by atoms with Gasteiger partial charge in [0.25, 0.3) is 0 Å². The average molecular weight is 196 g/mol. The lowest BCUT2D eigenvalue weighted by atomic mass is 10.1. The van der Waals surface area contributed by atoms with Crippen LogP contribution in [0.2, 0.25) is 0 Å². The molecular formula is C14H28. The van der Waals surface area contributed by atoms with Gasteiger partial charge in [-0.05, 0) is 18.8 Å². The summed E-state index contributed by atoms with van der Waals surface area (Å²) in [7, 11) is 0. The van der Waals surface area contributed by atoms with Crippen LogP contribution >= 0.6 is 0 Å². The Morgan fingerprint density at radius 3 is 2.21 bits per heavy atom. The fourth-order valence-electron chi connectivity index (χ4n) is 1.51. The van der Waals surface area contributed by atoms with Crippen molar-refractivity contribution in [1.82, 2.24) is 0 Å². The van der Waals surface area contributed by atoms with E-state index in [2.05, 4.69) is 32.9 Å². The van der Waals surface area contributed by atoms with Crippen molar-refractivity contribution in [3.63, 3.8) is 0 Å². The fourth-order valence-corrected chi connectivity index (χ4v) is 1.51. The highest BCUT2D eigenvalue weighted by atomic mass is 14.0. The summed E-state index contributed by atoms with van der Waals surface area (Å²) in [5.41, 5.74) is 0. The van der Waals surface area contributed by atoms with Crippen molar-refractivity contribution < 1.29 is 0 Å². The number of rotatable bonds is 9. The van der Waals surface area contributed by atoms with Crippen LogP contribution in [0.25, 0.3) is 0 Å². The van der Waals surface area contributed by atoms with Gasteiger partial charge in [-0.2, -0.15) is 0 Å². The van der Waals surface area contributed by atoms with Gasteiger partial charge in [0.2, 0.25) is 0 Å². The van der Waals surface area contributed by atoms with E-state index in [9.17, 15) is 0 Å². The monoisotopic (exact) mass is 196 g/mol. The van der Waals surface area contributed by atoms with Gasteiger partial charge >= 0.3 is 0 Å². The number of unbranched alkanes of at least 4 members (excludes halogenated alkanes) is 6. The maximum Gasteiger partial charge on any atom is -0.0265 e. The predicted octanol–water partition coefficient (Wildman–Crippen LogP) is 5.34. The van der Waals surface area contributed by atoms with Crippen molar-refractivity contribution in [2.45, 2.75) is 72.1 Å². The molecule has 0 saturated carbocycles. The zero-order chi connectivity index (χ0) is 10.6. The Kier molecular flexibility index (Phi) is 10.6. The molecule has 0 amide bonds. The van der Waals surface area contributed by atoms with Gasteiger partial charge in [-0.1, -0.05) is 71.4 Å². The van der Waals surface area contributed by atoms with E-state index in [4.69, 9.17) is 0 Å². The van der Waals surface area contributed by atoms with Gasteiger partial charge in [0.05, 0.1) is 0 Å². The molecule has 0 fully saturated rings. The van der Waals surface area contributed by atoms with Gasteiger partial charge in [0, 0.05) is 0 Å². The van der Waals surface area contributed by atoms with Crippen molar-refractivity contribution in [2.24, 2.45) is 5.92 Å². The molecule has 0 unspecified atom stereocenters. The molecule has 1 atom stereocenters. The zero-order valence-electron chi connectivity index (χ0n) is 10.4. The predicted molar refractivity (Wildman–Crippen MR) is 66.6 cm³/mol. The summed E-state index contributed by atoms with van der Waals surface area (Å²) in [6.07, 6.45) is 15.7. The summed E-state index contributed by atoms with van der Waals surface area (Å²) in [5, 5.41) is 0. The molecule has 0 aromatic heterocycles. The standard InChI is InChI=1S/C14H28/c1-4-6-7-8-9-10-11-12-13-14(3)5-2/h12-14H,4-11H2,1-3H3/b13-12+/t14-/m1/s1. The third kappa shape index (κ3) is 9.83. The molecule has 0 aliphatic rings. The largest absolute Gasteiger partial charge is 0.0883 e. The Bertz CT molecular complexity index is 124. The zero-order valence-corrected chi connectivity index (χ0v) is 10.4. The maximum absolute atomic E-state index is 2.37. The fraction of sp³-hybridized carbons (Fsp3) is 0.857. The Balaban J connectivity index is 3.09. The molecule has 0 spiro atoms. The van der Waals surface area contributed by atoms with Gasteiger partial charge in [0.1, 0.15) is 0 Å². The van der Waals surface area contributed by atoms with Crippen molar-refractivity contribution in [3.8, 4) is 0 Å². The van der Waals surface area contributed by atoms with Crippen molar-refractivity contribution in [2.75, 3.05) is 0 Å². The molecule has 0 aromatic carbocycles. The Hall–Kier alpha value is -0.260. The van der Waals surface area contributed by atoms with E-state index in [1.165, 1.54) is 51.4 Å². The average Bonchev–Trinajstić information content (AvgIpc) is 2.21.